The number of benzene rings is 2. The highest BCUT2D eigenvalue weighted by Gasteiger charge is 2.27. The molecule has 2 aromatic carbocycles. The summed E-state index contributed by atoms with van der Waals surface area (Å²) in [7, 11) is 0. The van der Waals surface area contributed by atoms with E-state index in [1.807, 2.05) is 6.07 Å². The summed E-state index contributed by atoms with van der Waals surface area (Å²) in [5.41, 5.74) is 1.96. The molecule has 0 radical (unpaired) electrons. The third-order valence-electron chi connectivity index (χ3n) is 4.84. The molecule has 5 heteroatoms. The molecule has 1 aliphatic rings. The Kier molecular flexibility index (Phi) is 6.35. The summed E-state index contributed by atoms with van der Waals surface area (Å²) < 4.78 is 0. The van der Waals surface area contributed by atoms with Crippen molar-refractivity contribution in [1.29, 1.82) is 0 Å². The van der Waals surface area contributed by atoms with Gasteiger partial charge in [0, 0.05) is 28.5 Å². The topological polar surface area (TPSA) is 33.5 Å². The van der Waals surface area contributed by atoms with Crippen molar-refractivity contribution < 1.29 is 9.69 Å². The number of halogens is 2. The second-order valence-electron chi connectivity index (χ2n) is 6.51. The maximum Gasteiger partial charge on any atom is 0.224 e. The number of nitrogens with one attached hydrogen (secondary N) is 2. The van der Waals surface area contributed by atoms with Crippen molar-refractivity contribution in [3.63, 3.8) is 0 Å². The Hall–Kier alpha value is -1.55. The molecule has 132 valence electrons. The van der Waals surface area contributed by atoms with Crippen LogP contribution in [0.4, 0.5) is 0 Å². The first kappa shape index (κ1) is 18.2. The smallest absolute Gasteiger partial charge is 0.224 e. The monoisotopic (exact) mass is 377 g/mol. The first-order chi connectivity index (χ1) is 12.1. The van der Waals surface area contributed by atoms with Crippen molar-refractivity contribution in [3.05, 3.63) is 69.7 Å². The molecule has 1 aliphatic heterocycles. The Balaban J connectivity index is 1.65. The summed E-state index contributed by atoms with van der Waals surface area (Å²) in [6.07, 6.45) is 2.71. The molecule has 3 rings (SSSR count). The van der Waals surface area contributed by atoms with Gasteiger partial charge in [-0.3, -0.25) is 4.79 Å². The number of likely N-dealkylation sites (tertiary alicyclic amines) is 1. The highest BCUT2D eigenvalue weighted by molar-refractivity contribution is 6.36. The molecule has 1 amide bonds. The molecule has 2 N–H and O–H groups in total. The predicted octanol–water partition coefficient (Wildman–Crippen LogP) is 3.07. The van der Waals surface area contributed by atoms with Crippen LogP contribution in [0.25, 0.3) is 0 Å². The van der Waals surface area contributed by atoms with Crippen LogP contribution in [-0.4, -0.2) is 25.5 Å². The lowest BCUT2D eigenvalue weighted by Crippen LogP contribution is -3.11. The van der Waals surface area contributed by atoms with Crippen LogP contribution < -0.4 is 10.2 Å². The van der Waals surface area contributed by atoms with Gasteiger partial charge in [-0.15, -0.1) is 0 Å². The molecule has 0 bridgehead atoms. The zero-order chi connectivity index (χ0) is 17.6. The first-order valence-corrected chi connectivity index (χ1v) is 9.50. The third-order valence-corrected chi connectivity index (χ3v) is 5.55. The molecule has 1 saturated heterocycles. The van der Waals surface area contributed by atoms with E-state index in [0.717, 1.165) is 13.1 Å². The van der Waals surface area contributed by atoms with Crippen LogP contribution >= 0.6 is 23.2 Å². The minimum atomic E-state index is -0.0467. The molecule has 0 spiro atoms. The van der Waals surface area contributed by atoms with Gasteiger partial charge in [0.15, 0.2) is 0 Å². The van der Waals surface area contributed by atoms with Crippen LogP contribution in [0.2, 0.25) is 10.0 Å². The zero-order valence-electron chi connectivity index (χ0n) is 14.1. The zero-order valence-corrected chi connectivity index (χ0v) is 15.6. The molecular weight excluding hydrogens is 355 g/mol. The molecule has 3 nitrogen and oxygen atoms in total. The quantitative estimate of drug-likeness (QED) is 0.796. The van der Waals surface area contributed by atoms with Crippen molar-refractivity contribution in [2.24, 2.45) is 0 Å². The van der Waals surface area contributed by atoms with Gasteiger partial charge in [-0.1, -0.05) is 59.6 Å². The summed E-state index contributed by atoms with van der Waals surface area (Å²) in [6, 6.07) is 16.0. The Morgan fingerprint density at radius 3 is 2.28 bits per heavy atom. The average Bonchev–Trinajstić information content (AvgIpc) is 3.14. The van der Waals surface area contributed by atoms with Gasteiger partial charge in [0.05, 0.1) is 26.1 Å². The normalized spacial score (nSPS) is 15.9. The van der Waals surface area contributed by atoms with Gasteiger partial charge < -0.3 is 10.2 Å². The molecule has 2 aromatic rings. The molecule has 1 heterocycles. The van der Waals surface area contributed by atoms with Crippen LogP contribution in [0.5, 0.6) is 0 Å². The van der Waals surface area contributed by atoms with Crippen LogP contribution in [0, 0.1) is 0 Å². The number of carbonyl (C=O) groups is 1. The number of carbonyl (C=O) groups excluding carboxylic acids is 1. The number of hydrogen-bond acceptors (Lipinski definition) is 1. The molecule has 0 unspecified atom stereocenters. The minimum absolute atomic E-state index is 0.0467. The number of amides is 1. The van der Waals surface area contributed by atoms with Gasteiger partial charge in [0.25, 0.3) is 0 Å². The molecule has 0 saturated carbocycles. The summed E-state index contributed by atoms with van der Waals surface area (Å²) in [5, 5.41) is 4.15. The van der Waals surface area contributed by atoms with Crippen LogP contribution in [0.3, 0.4) is 0 Å². The van der Waals surface area contributed by atoms with Gasteiger partial charge >= 0.3 is 0 Å². The van der Waals surface area contributed by atoms with E-state index < -0.39 is 0 Å². The summed E-state index contributed by atoms with van der Waals surface area (Å²) >= 11 is 12.3. The highest BCUT2D eigenvalue weighted by Crippen LogP contribution is 2.24. The van der Waals surface area contributed by atoms with E-state index in [2.05, 4.69) is 29.6 Å². The van der Waals surface area contributed by atoms with Crippen LogP contribution in [-0.2, 0) is 11.2 Å². The fraction of sp³-hybridized carbons (Fsp3) is 0.350. The lowest BCUT2D eigenvalue weighted by molar-refractivity contribution is -0.918. The van der Waals surface area contributed by atoms with E-state index in [0.29, 0.717) is 22.2 Å². The molecular formula is C20H23Cl2N2O+. The van der Waals surface area contributed by atoms with E-state index in [9.17, 15) is 4.79 Å². The van der Waals surface area contributed by atoms with Crippen molar-refractivity contribution in [2.75, 3.05) is 19.6 Å². The second kappa shape index (κ2) is 8.70. The van der Waals surface area contributed by atoms with Gasteiger partial charge in [-0.25, -0.2) is 0 Å². The Labute approximate surface area is 158 Å². The summed E-state index contributed by atoms with van der Waals surface area (Å²) in [5.74, 6) is -0.0467. The van der Waals surface area contributed by atoms with E-state index in [4.69, 9.17) is 23.2 Å². The van der Waals surface area contributed by atoms with Gasteiger partial charge in [-0.2, -0.15) is 0 Å². The molecule has 0 aliphatic carbocycles. The minimum Gasteiger partial charge on any atom is -0.349 e. The van der Waals surface area contributed by atoms with Crippen molar-refractivity contribution in [1.82, 2.24) is 5.32 Å². The van der Waals surface area contributed by atoms with Crippen molar-refractivity contribution in [3.8, 4) is 0 Å². The van der Waals surface area contributed by atoms with Gasteiger partial charge in [0.2, 0.25) is 5.91 Å². The summed E-state index contributed by atoms with van der Waals surface area (Å²) in [4.78, 5) is 14.0. The van der Waals surface area contributed by atoms with E-state index in [1.54, 1.807) is 23.1 Å². The fourth-order valence-electron chi connectivity index (χ4n) is 3.50. The fourth-order valence-corrected chi connectivity index (χ4v) is 4.03. The maximum atomic E-state index is 12.4. The molecule has 25 heavy (non-hydrogen) atoms. The Morgan fingerprint density at radius 2 is 1.64 bits per heavy atom. The average molecular weight is 378 g/mol. The van der Waals surface area contributed by atoms with E-state index in [1.165, 1.54) is 18.4 Å². The second-order valence-corrected chi connectivity index (χ2v) is 7.32. The Bertz CT molecular complexity index is 695. The predicted molar refractivity (Wildman–Crippen MR) is 102 cm³/mol. The highest BCUT2D eigenvalue weighted by atomic mass is 35.5. The summed E-state index contributed by atoms with van der Waals surface area (Å²) in [6.45, 7) is 2.94. The lowest BCUT2D eigenvalue weighted by Gasteiger charge is -2.25. The maximum absolute atomic E-state index is 12.4. The number of quaternary nitrogens is 1. The van der Waals surface area contributed by atoms with Gasteiger partial charge in [-0.05, 0) is 17.7 Å². The van der Waals surface area contributed by atoms with Gasteiger partial charge in [0.1, 0.15) is 6.04 Å². The van der Waals surface area contributed by atoms with E-state index in [-0.39, 0.29) is 18.4 Å². The van der Waals surface area contributed by atoms with Crippen molar-refractivity contribution >= 4 is 29.1 Å². The van der Waals surface area contributed by atoms with Crippen LogP contribution in [0.1, 0.15) is 30.0 Å². The molecule has 1 atom stereocenters. The van der Waals surface area contributed by atoms with Crippen LogP contribution in [0.15, 0.2) is 48.5 Å². The molecule has 0 aromatic heterocycles. The standard InChI is InChI=1S/C20H22Cl2N2O/c21-17-9-6-10-18(22)16(17)13-20(25)23-14-19(24-11-4-5-12-24)15-7-2-1-3-8-15/h1-3,6-10,19H,4-5,11-14H2,(H,23,25)/p+1/t19-/m1/s1. The molecule has 1 fully saturated rings. The van der Waals surface area contributed by atoms with Crippen molar-refractivity contribution in [2.45, 2.75) is 25.3 Å². The SMILES string of the molecule is O=C(Cc1c(Cl)cccc1Cl)NC[C@H](c1ccccc1)[NH+]1CCCC1. The lowest BCUT2D eigenvalue weighted by atomic mass is 10.1. The third kappa shape index (κ3) is 4.75. The van der Waals surface area contributed by atoms with E-state index >= 15 is 0 Å². The number of rotatable bonds is 6. The first-order valence-electron chi connectivity index (χ1n) is 8.74. The largest absolute Gasteiger partial charge is 0.349 e. The Morgan fingerprint density at radius 1 is 1.00 bits per heavy atom. The number of hydrogen-bond donors (Lipinski definition) is 2.